The highest BCUT2D eigenvalue weighted by Crippen LogP contribution is 2.30. The molecule has 1 aromatic carbocycles. The van der Waals surface area contributed by atoms with E-state index in [9.17, 15) is 4.79 Å². The van der Waals surface area contributed by atoms with Crippen molar-refractivity contribution in [3.8, 4) is 5.75 Å². The summed E-state index contributed by atoms with van der Waals surface area (Å²) in [5.41, 5.74) is 2.33. The van der Waals surface area contributed by atoms with E-state index in [4.69, 9.17) is 16.3 Å². The molecular formula is C13H17ClO2. The molecule has 88 valence electrons. The van der Waals surface area contributed by atoms with Gasteiger partial charge in [-0.1, -0.05) is 24.6 Å². The minimum atomic E-state index is -0.279. The lowest BCUT2D eigenvalue weighted by molar-refractivity contribution is -0.111. The molecule has 0 heterocycles. The largest absolute Gasteiger partial charge is 0.496 e. The lowest BCUT2D eigenvalue weighted by Crippen LogP contribution is -2.00. The minimum absolute atomic E-state index is 0.276. The number of carbonyl (C=O) groups excluding carboxylic acids is 1. The van der Waals surface area contributed by atoms with E-state index in [-0.39, 0.29) is 11.2 Å². The van der Waals surface area contributed by atoms with Crippen molar-refractivity contribution >= 4 is 16.8 Å². The molecule has 0 spiro atoms. The molecule has 1 unspecified atom stereocenters. The van der Waals surface area contributed by atoms with Gasteiger partial charge in [0.2, 0.25) is 5.24 Å². The van der Waals surface area contributed by atoms with Crippen LogP contribution in [-0.2, 0) is 4.79 Å². The number of hydrogen-bond acceptors (Lipinski definition) is 2. The maximum Gasteiger partial charge on any atom is 0.221 e. The number of benzene rings is 1. The van der Waals surface area contributed by atoms with Gasteiger partial charge in [0, 0.05) is 6.42 Å². The van der Waals surface area contributed by atoms with Crippen LogP contribution in [0.5, 0.6) is 5.75 Å². The SMILES string of the molecule is COc1ccc(C)cc1C(C)CCC(=O)Cl. The van der Waals surface area contributed by atoms with E-state index in [1.54, 1.807) is 7.11 Å². The van der Waals surface area contributed by atoms with Crippen molar-refractivity contribution in [1.29, 1.82) is 0 Å². The Kier molecular flexibility index (Phi) is 4.81. The molecule has 0 aliphatic heterocycles. The first kappa shape index (κ1) is 13.0. The van der Waals surface area contributed by atoms with Gasteiger partial charge in [-0.15, -0.1) is 0 Å². The van der Waals surface area contributed by atoms with E-state index in [1.165, 1.54) is 5.56 Å². The second-order valence-electron chi connectivity index (χ2n) is 4.04. The zero-order valence-electron chi connectivity index (χ0n) is 9.92. The summed E-state index contributed by atoms with van der Waals surface area (Å²) in [7, 11) is 1.66. The number of hydrogen-bond donors (Lipinski definition) is 0. The fraction of sp³-hybridized carbons (Fsp3) is 0.462. The molecule has 2 nitrogen and oxygen atoms in total. The molecule has 0 N–H and O–H groups in total. The maximum absolute atomic E-state index is 10.7. The Morgan fingerprint density at radius 3 is 2.75 bits per heavy atom. The van der Waals surface area contributed by atoms with Crippen LogP contribution in [0, 0.1) is 6.92 Å². The van der Waals surface area contributed by atoms with Gasteiger partial charge in [0.05, 0.1) is 7.11 Å². The summed E-state index contributed by atoms with van der Waals surface area (Å²) in [6, 6.07) is 6.08. The first-order valence-electron chi connectivity index (χ1n) is 5.37. The highest BCUT2D eigenvalue weighted by atomic mass is 35.5. The molecule has 0 saturated heterocycles. The highest BCUT2D eigenvalue weighted by molar-refractivity contribution is 6.63. The van der Waals surface area contributed by atoms with Crippen LogP contribution in [0.15, 0.2) is 18.2 Å². The standard InChI is InChI=1S/C13H17ClO2/c1-9-4-6-12(16-3)11(8-9)10(2)5-7-13(14)15/h4,6,8,10H,5,7H2,1-3H3. The number of methoxy groups -OCH3 is 1. The first-order chi connectivity index (χ1) is 7.54. The summed E-state index contributed by atoms with van der Waals surface area (Å²) in [6.45, 7) is 4.12. The Bertz CT molecular complexity index is 374. The summed E-state index contributed by atoms with van der Waals surface area (Å²) in [5.74, 6) is 1.15. The topological polar surface area (TPSA) is 26.3 Å². The molecule has 0 radical (unpaired) electrons. The third-order valence-electron chi connectivity index (χ3n) is 2.69. The van der Waals surface area contributed by atoms with Gasteiger partial charge in [-0.3, -0.25) is 4.79 Å². The number of halogens is 1. The van der Waals surface area contributed by atoms with Crippen LogP contribution >= 0.6 is 11.6 Å². The predicted molar refractivity (Wildman–Crippen MR) is 66.2 cm³/mol. The lowest BCUT2D eigenvalue weighted by Gasteiger charge is -2.15. The van der Waals surface area contributed by atoms with E-state index in [0.717, 1.165) is 17.7 Å². The molecule has 0 amide bonds. The Hall–Kier alpha value is -1.02. The van der Waals surface area contributed by atoms with Crippen LogP contribution < -0.4 is 4.74 Å². The van der Waals surface area contributed by atoms with Crippen LogP contribution in [0.1, 0.15) is 36.8 Å². The van der Waals surface area contributed by atoms with Gasteiger partial charge in [-0.2, -0.15) is 0 Å². The molecule has 1 rings (SSSR count). The molecule has 0 saturated carbocycles. The van der Waals surface area contributed by atoms with Crippen molar-refractivity contribution in [2.24, 2.45) is 0 Å². The second-order valence-corrected chi connectivity index (χ2v) is 4.46. The smallest absolute Gasteiger partial charge is 0.221 e. The van der Waals surface area contributed by atoms with E-state index >= 15 is 0 Å². The molecule has 0 aromatic heterocycles. The molecule has 0 fully saturated rings. The highest BCUT2D eigenvalue weighted by Gasteiger charge is 2.12. The van der Waals surface area contributed by atoms with Gasteiger partial charge in [-0.25, -0.2) is 0 Å². The van der Waals surface area contributed by atoms with Crippen LogP contribution in [0.3, 0.4) is 0 Å². The Morgan fingerprint density at radius 1 is 1.50 bits per heavy atom. The predicted octanol–water partition coefficient (Wildman–Crippen LogP) is 3.65. The minimum Gasteiger partial charge on any atom is -0.496 e. The third-order valence-corrected chi connectivity index (χ3v) is 2.88. The Labute approximate surface area is 102 Å². The lowest BCUT2D eigenvalue weighted by atomic mass is 9.94. The number of rotatable bonds is 5. The quantitative estimate of drug-likeness (QED) is 0.735. The molecule has 16 heavy (non-hydrogen) atoms. The molecule has 0 aliphatic carbocycles. The monoisotopic (exact) mass is 240 g/mol. The van der Waals surface area contributed by atoms with E-state index in [0.29, 0.717) is 6.42 Å². The van der Waals surface area contributed by atoms with Crippen molar-refractivity contribution in [3.63, 3.8) is 0 Å². The normalized spacial score (nSPS) is 12.2. The van der Waals surface area contributed by atoms with Crippen molar-refractivity contribution in [1.82, 2.24) is 0 Å². The molecule has 1 aromatic rings. The van der Waals surface area contributed by atoms with Crippen molar-refractivity contribution in [2.75, 3.05) is 7.11 Å². The Morgan fingerprint density at radius 2 is 2.19 bits per heavy atom. The zero-order valence-corrected chi connectivity index (χ0v) is 10.7. The molecule has 0 bridgehead atoms. The average molecular weight is 241 g/mol. The van der Waals surface area contributed by atoms with Crippen LogP contribution in [0.4, 0.5) is 0 Å². The van der Waals surface area contributed by atoms with Crippen molar-refractivity contribution in [3.05, 3.63) is 29.3 Å². The maximum atomic E-state index is 10.7. The third kappa shape index (κ3) is 3.53. The first-order valence-corrected chi connectivity index (χ1v) is 5.75. The molecule has 1 atom stereocenters. The number of ether oxygens (including phenoxy) is 1. The average Bonchev–Trinajstić information content (AvgIpc) is 2.25. The van der Waals surface area contributed by atoms with Gasteiger partial charge < -0.3 is 4.74 Å². The second kappa shape index (κ2) is 5.90. The van der Waals surface area contributed by atoms with E-state index < -0.39 is 0 Å². The zero-order chi connectivity index (χ0) is 12.1. The van der Waals surface area contributed by atoms with Gasteiger partial charge in [0.1, 0.15) is 5.75 Å². The van der Waals surface area contributed by atoms with E-state index in [2.05, 4.69) is 13.0 Å². The van der Waals surface area contributed by atoms with Gasteiger partial charge in [0.25, 0.3) is 0 Å². The van der Waals surface area contributed by atoms with Gasteiger partial charge >= 0.3 is 0 Å². The fourth-order valence-corrected chi connectivity index (χ4v) is 1.83. The Balaban J connectivity index is 2.84. The van der Waals surface area contributed by atoms with E-state index in [1.807, 2.05) is 19.1 Å². The summed E-state index contributed by atoms with van der Waals surface area (Å²) >= 11 is 5.34. The van der Waals surface area contributed by atoms with Gasteiger partial charge in [0.15, 0.2) is 0 Å². The van der Waals surface area contributed by atoms with Crippen LogP contribution in [-0.4, -0.2) is 12.4 Å². The van der Waals surface area contributed by atoms with Gasteiger partial charge in [-0.05, 0) is 42.5 Å². The van der Waals surface area contributed by atoms with Crippen LogP contribution in [0.2, 0.25) is 0 Å². The number of carbonyl (C=O) groups is 1. The number of aryl methyl sites for hydroxylation is 1. The summed E-state index contributed by atoms with van der Waals surface area (Å²) in [6.07, 6.45) is 1.15. The summed E-state index contributed by atoms with van der Waals surface area (Å²) < 4.78 is 5.31. The fourth-order valence-electron chi connectivity index (χ4n) is 1.72. The summed E-state index contributed by atoms with van der Waals surface area (Å²) in [4.78, 5) is 10.7. The van der Waals surface area contributed by atoms with Crippen LogP contribution in [0.25, 0.3) is 0 Å². The molecule has 3 heteroatoms. The van der Waals surface area contributed by atoms with Crippen molar-refractivity contribution < 1.29 is 9.53 Å². The van der Waals surface area contributed by atoms with Crippen molar-refractivity contribution in [2.45, 2.75) is 32.6 Å². The summed E-state index contributed by atoms with van der Waals surface area (Å²) in [5, 5.41) is -0.279. The molecule has 0 aliphatic rings. The molecular weight excluding hydrogens is 224 g/mol.